The van der Waals surface area contributed by atoms with Gasteiger partial charge in [-0.3, -0.25) is 0 Å². The van der Waals surface area contributed by atoms with Crippen molar-refractivity contribution in [3.63, 3.8) is 0 Å². The SMILES string of the molecule is CCNC1CCN(c2cc(C)ccc2F)C(C)C1C. The molecule has 3 unspecified atom stereocenters. The number of hydrogen-bond acceptors (Lipinski definition) is 2. The maximum absolute atomic E-state index is 14.0. The van der Waals surface area contributed by atoms with Crippen LogP contribution in [0.15, 0.2) is 18.2 Å². The first-order valence-corrected chi connectivity index (χ1v) is 7.30. The van der Waals surface area contributed by atoms with Crippen molar-refractivity contribution in [3.05, 3.63) is 29.6 Å². The van der Waals surface area contributed by atoms with Crippen molar-refractivity contribution in [1.29, 1.82) is 0 Å². The van der Waals surface area contributed by atoms with E-state index in [9.17, 15) is 4.39 Å². The zero-order chi connectivity index (χ0) is 14.0. The summed E-state index contributed by atoms with van der Waals surface area (Å²) in [6, 6.07) is 6.28. The van der Waals surface area contributed by atoms with Crippen LogP contribution in [0.25, 0.3) is 0 Å². The average Bonchev–Trinajstić information content (AvgIpc) is 2.39. The van der Waals surface area contributed by atoms with E-state index in [-0.39, 0.29) is 5.82 Å². The predicted molar refractivity (Wildman–Crippen MR) is 79.2 cm³/mol. The molecule has 0 bridgehead atoms. The number of benzene rings is 1. The summed E-state index contributed by atoms with van der Waals surface area (Å²) in [7, 11) is 0. The summed E-state index contributed by atoms with van der Waals surface area (Å²) in [5, 5.41) is 3.54. The van der Waals surface area contributed by atoms with Crippen LogP contribution in [-0.2, 0) is 0 Å². The largest absolute Gasteiger partial charge is 0.366 e. The van der Waals surface area contributed by atoms with E-state index in [4.69, 9.17) is 0 Å². The molecule has 3 heteroatoms. The average molecular weight is 264 g/mol. The van der Waals surface area contributed by atoms with Gasteiger partial charge in [0.1, 0.15) is 5.82 Å². The Labute approximate surface area is 116 Å². The Bertz CT molecular complexity index is 433. The normalized spacial score (nSPS) is 27.6. The molecule has 0 aromatic heterocycles. The Kier molecular flexibility index (Phi) is 4.46. The minimum Gasteiger partial charge on any atom is -0.366 e. The highest BCUT2D eigenvalue weighted by molar-refractivity contribution is 5.51. The standard InChI is InChI=1S/C16H25FN2/c1-5-18-15-8-9-19(13(4)12(15)3)16-10-11(2)6-7-14(16)17/h6-7,10,12-13,15,18H,5,8-9H2,1-4H3. The molecule has 1 heterocycles. The van der Waals surface area contributed by atoms with Crippen LogP contribution in [0.5, 0.6) is 0 Å². The van der Waals surface area contributed by atoms with Gasteiger partial charge in [0.25, 0.3) is 0 Å². The zero-order valence-corrected chi connectivity index (χ0v) is 12.4. The summed E-state index contributed by atoms with van der Waals surface area (Å²) in [4.78, 5) is 2.22. The second kappa shape index (κ2) is 5.91. The lowest BCUT2D eigenvalue weighted by atomic mass is 9.86. The molecule has 2 nitrogen and oxygen atoms in total. The molecule has 1 fully saturated rings. The van der Waals surface area contributed by atoms with Crippen LogP contribution in [-0.4, -0.2) is 25.2 Å². The Morgan fingerprint density at radius 2 is 2.11 bits per heavy atom. The topological polar surface area (TPSA) is 15.3 Å². The second-order valence-electron chi connectivity index (χ2n) is 5.70. The van der Waals surface area contributed by atoms with E-state index in [0.717, 1.165) is 30.8 Å². The fraction of sp³-hybridized carbons (Fsp3) is 0.625. The van der Waals surface area contributed by atoms with Gasteiger partial charge in [-0.05, 0) is 50.4 Å². The lowest BCUT2D eigenvalue weighted by molar-refractivity contribution is 0.273. The number of nitrogens with one attached hydrogen (secondary N) is 1. The number of hydrogen-bond donors (Lipinski definition) is 1. The monoisotopic (exact) mass is 264 g/mol. The molecule has 1 aromatic carbocycles. The Morgan fingerprint density at radius 1 is 1.37 bits per heavy atom. The van der Waals surface area contributed by atoms with Gasteiger partial charge in [0, 0.05) is 18.6 Å². The van der Waals surface area contributed by atoms with E-state index >= 15 is 0 Å². The minimum absolute atomic E-state index is 0.105. The molecule has 19 heavy (non-hydrogen) atoms. The van der Waals surface area contributed by atoms with E-state index in [2.05, 4.69) is 31.0 Å². The van der Waals surface area contributed by atoms with Gasteiger partial charge in [-0.2, -0.15) is 0 Å². The first kappa shape index (κ1) is 14.3. The summed E-state index contributed by atoms with van der Waals surface area (Å²) in [6.07, 6.45) is 1.08. The maximum atomic E-state index is 14.0. The van der Waals surface area contributed by atoms with Gasteiger partial charge in [0.15, 0.2) is 0 Å². The number of halogens is 1. The first-order chi connectivity index (χ1) is 9.04. The van der Waals surface area contributed by atoms with Crippen LogP contribution in [0, 0.1) is 18.7 Å². The molecule has 0 saturated carbocycles. The van der Waals surface area contributed by atoms with E-state index in [1.807, 2.05) is 19.1 Å². The maximum Gasteiger partial charge on any atom is 0.146 e. The smallest absolute Gasteiger partial charge is 0.146 e. The van der Waals surface area contributed by atoms with Crippen LogP contribution in [0.4, 0.5) is 10.1 Å². The molecule has 2 rings (SSSR count). The number of piperidine rings is 1. The van der Waals surface area contributed by atoms with Crippen molar-refractivity contribution in [3.8, 4) is 0 Å². The number of rotatable bonds is 3. The van der Waals surface area contributed by atoms with Crippen LogP contribution in [0.3, 0.4) is 0 Å². The van der Waals surface area contributed by atoms with Crippen LogP contribution >= 0.6 is 0 Å². The van der Waals surface area contributed by atoms with E-state index in [0.29, 0.717) is 18.0 Å². The Morgan fingerprint density at radius 3 is 2.79 bits per heavy atom. The van der Waals surface area contributed by atoms with Crippen LogP contribution in [0.2, 0.25) is 0 Å². The molecular weight excluding hydrogens is 239 g/mol. The molecule has 1 aromatic rings. The third-order valence-corrected chi connectivity index (χ3v) is 4.45. The second-order valence-corrected chi connectivity index (χ2v) is 5.70. The molecule has 0 radical (unpaired) electrons. The molecule has 0 spiro atoms. The first-order valence-electron chi connectivity index (χ1n) is 7.30. The highest BCUT2D eigenvalue weighted by atomic mass is 19.1. The van der Waals surface area contributed by atoms with Gasteiger partial charge >= 0.3 is 0 Å². The quantitative estimate of drug-likeness (QED) is 0.900. The third kappa shape index (κ3) is 2.92. The Balaban J connectivity index is 2.20. The molecule has 106 valence electrons. The van der Waals surface area contributed by atoms with Gasteiger partial charge in [-0.1, -0.05) is 19.9 Å². The summed E-state index contributed by atoms with van der Waals surface area (Å²) in [5.41, 5.74) is 1.87. The lowest BCUT2D eigenvalue weighted by Gasteiger charge is -2.44. The number of aryl methyl sites for hydroxylation is 1. The van der Waals surface area contributed by atoms with Gasteiger partial charge in [-0.25, -0.2) is 4.39 Å². The summed E-state index contributed by atoms with van der Waals surface area (Å²) >= 11 is 0. The molecule has 1 aliphatic rings. The summed E-state index contributed by atoms with van der Waals surface area (Å²) in [5.74, 6) is 0.417. The van der Waals surface area contributed by atoms with E-state index in [1.54, 1.807) is 6.07 Å². The lowest BCUT2D eigenvalue weighted by Crippen LogP contribution is -2.53. The summed E-state index contributed by atoms with van der Waals surface area (Å²) in [6.45, 7) is 10.5. The van der Waals surface area contributed by atoms with Crippen LogP contribution < -0.4 is 10.2 Å². The van der Waals surface area contributed by atoms with Crippen molar-refractivity contribution < 1.29 is 4.39 Å². The van der Waals surface area contributed by atoms with Gasteiger partial charge in [0.05, 0.1) is 5.69 Å². The number of anilines is 1. The molecule has 0 amide bonds. The minimum atomic E-state index is -0.105. The van der Waals surface area contributed by atoms with Crippen LogP contribution in [0.1, 0.15) is 32.8 Å². The van der Waals surface area contributed by atoms with Crippen molar-refractivity contribution in [2.45, 2.75) is 46.2 Å². The summed E-state index contributed by atoms with van der Waals surface area (Å²) < 4.78 is 14.0. The van der Waals surface area contributed by atoms with Crippen molar-refractivity contribution in [2.24, 2.45) is 5.92 Å². The van der Waals surface area contributed by atoms with Gasteiger partial charge in [-0.15, -0.1) is 0 Å². The highest BCUT2D eigenvalue weighted by Crippen LogP contribution is 2.31. The predicted octanol–water partition coefficient (Wildman–Crippen LogP) is 3.35. The molecule has 1 saturated heterocycles. The molecule has 1 aliphatic heterocycles. The van der Waals surface area contributed by atoms with Gasteiger partial charge < -0.3 is 10.2 Å². The van der Waals surface area contributed by atoms with Crippen molar-refractivity contribution >= 4 is 5.69 Å². The molecular formula is C16H25FN2. The molecule has 0 aliphatic carbocycles. The van der Waals surface area contributed by atoms with Crippen molar-refractivity contribution in [2.75, 3.05) is 18.0 Å². The number of nitrogens with zero attached hydrogens (tertiary/aromatic N) is 1. The fourth-order valence-electron chi connectivity index (χ4n) is 3.10. The Hall–Kier alpha value is -1.09. The fourth-order valence-corrected chi connectivity index (χ4v) is 3.10. The molecule has 3 atom stereocenters. The van der Waals surface area contributed by atoms with E-state index in [1.165, 1.54) is 0 Å². The van der Waals surface area contributed by atoms with Crippen molar-refractivity contribution in [1.82, 2.24) is 5.32 Å². The van der Waals surface area contributed by atoms with E-state index < -0.39 is 0 Å². The zero-order valence-electron chi connectivity index (χ0n) is 12.4. The highest BCUT2D eigenvalue weighted by Gasteiger charge is 2.32. The third-order valence-electron chi connectivity index (χ3n) is 4.45. The molecule has 1 N–H and O–H groups in total. The van der Waals surface area contributed by atoms with Gasteiger partial charge in [0.2, 0.25) is 0 Å².